The number of rotatable bonds is 13. The van der Waals surface area contributed by atoms with Crippen LogP contribution in [-0.2, 0) is 13.0 Å². The molecule has 0 spiro atoms. The van der Waals surface area contributed by atoms with E-state index in [4.69, 9.17) is 9.47 Å². The smallest absolute Gasteiger partial charge is 0.250 e. The van der Waals surface area contributed by atoms with Crippen LogP contribution >= 0.6 is 0 Å². The number of aliphatic imine (C=N–C) groups is 1. The maximum absolute atomic E-state index is 11.7. The Labute approximate surface area is 185 Å². The first-order chi connectivity index (χ1) is 15.2. The Hall–Kier alpha value is -2.96. The summed E-state index contributed by atoms with van der Waals surface area (Å²) >= 11 is 0. The molecule has 0 amide bonds. The molecular weight excluding hydrogens is 392 g/mol. The van der Waals surface area contributed by atoms with E-state index in [-0.39, 0.29) is 5.56 Å². The van der Waals surface area contributed by atoms with Crippen LogP contribution in [-0.4, -0.2) is 43.9 Å². The number of methoxy groups -OCH3 is 1. The molecule has 0 aliphatic rings. The molecule has 1 heterocycles. The minimum atomic E-state index is 0.0515. The maximum Gasteiger partial charge on any atom is 0.250 e. The molecule has 0 fully saturated rings. The van der Waals surface area contributed by atoms with Gasteiger partial charge in [0, 0.05) is 38.4 Å². The molecule has 7 heteroatoms. The number of unbranched alkanes of at least 4 members (excludes halogenated alkanes) is 1. The third-order valence-electron chi connectivity index (χ3n) is 4.78. The van der Waals surface area contributed by atoms with Crippen molar-refractivity contribution in [1.29, 1.82) is 0 Å². The van der Waals surface area contributed by atoms with E-state index in [1.165, 1.54) is 5.56 Å². The molecule has 0 saturated carbocycles. The Morgan fingerprint density at radius 3 is 2.68 bits per heavy atom. The molecular formula is C24H36N4O3. The van der Waals surface area contributed by atoms with E-state index >= 15 is 0 Å². The van der Waals surface area contributed by atoms with Gasteiger partial charge < -0.3 is 24.7 Å². The van der Waals surface area contributed by atoms with Gasteiger partial charge in [0.1, 0.15) is 0 Å². The predicted octanol–water partition coefficient (Wildman–Crippen LogP) is 3.22. The minimum Gasteiger partial charge on any atom is -0.493 e. The Bertz CT molecular complexity index is 864. The zero-order chi connectivity index (χ0) is 22.3. The number of benzene rings is 1. The number of guanidine groups is 1. The molecule has 7 nitrogen and oxygen atoms in total. The van der Waals surface area contributed by atoms with E-state index in [0.717, 1.165) is 69.3 Å². The van der Waals surface area contributed by atoms with Gasteiger partial charge in [-0.05, 0) is 63.3 Å². The van der Waals surface area contributed by atoms with Crippen molar-refractivity contribution >= 4 is 5.96 Å². The van der Waals surface area contributed by atoms with Gasteiger partial charge in [-0.2, -0.15) is 0 Å². The standard InChI is InChI=1S/C24H36N4O3/c1-4-25-24(26-15-7-9-18-28-17-8-6-12-23(28)29)27-16-10-11-20-13-14-21(30-3)22(19-20)31-5-2/h6,8,12-14,17,19H,4-5,7,9-11,15-16,18H2,1-3H3,(H2,25,26,27). The van der Waals surface area contributed by atoms with Gasteiger partial charge in [0.15, 0.2) is 17.5 Å². The minimum absolute atomic E-state index is 0.0515. The third kappa shape index (κ3) is 8.74. The van der Waals surface area contributed by atoms with E-state index in [1.807, 2.05) is 31.3 Å². The van der Waals surface area contributed by atoms with E-state index in [1.54, 1.807) is 23.8 Å². The molecule has 0 unspecified atom stereocenters. The van der Waals surface area contributed by atoms with Crippen molar-refractivity contribution in [1.82, 2.24) is 15.2 Å². The highest BCUT2D eigenvalue weighted by molar-refractivity contribution is 5.79. The van der Waals surface area contributed by atoms with Crippen LogP contribution in [0.3, 0.4) is 0 Å². The number of nitrogens with one attached hydrogen (secondary N) is 2. The SMILES string of the molecule is CCNC(=NCCCc1ccc(OC)c(OCC)c1)NCCCCn1ccccc1=O. The molecule has 0 aliphatic carbocycles. The van der Waals surface area contributed by atoms with Crippen molar-refractivity contribution in [2.24, 2.45) is 4.99 Å². The van der Waals surface area contributed by atoms with Crippen LogP contribution in [0.4, 0.5) is 0 Å². The van der Waals surface area contributed by atoms with Crippen LogP contribution < -0.4 is 25.7 Å². The van der Waals surface area contributed by atoms with Crippen LogP contribution in [0.5, 0.6) is 11.5 Å². The number of aryl methyl sites for hydroxylation is 2. The van der Waals surface area contributed by atoms with Gasteiger partial charge in [0.25, 0.3) is 0 Å². The number of aromatic nitrogens is 1. The summed E-state index contributed by atoms with van der Waals surface area (Å²) in [5.74, 6) is 2.39. The molecule has 0 bridgehead atoms. The highest BCUT2D eigenvalue weighted by Crippen LogP contribution is 2.28. The summed E-state index contributed by atoms with van der Waals surface area (Å²) in [5, 5.41) is 6.66. The summed E-state index contributed by atoms with van der Waals surface area (Å²) in [6, 6.07) is 11.3. The van der Waals surface area contributed by atoms with E-state index in [9.17, 15) is 4.79 Å². The second kappa shape index (κ2) is 14.1. The van der Waals surface area contributed by atoms with Gasteiger partial charge in [-0.25, -0.2) is 0 Å². The molecule has 2 N–H and O–H groups in total. The first-order valence-corrected chi connectivity index (χ1v) is 11.1. The topological polar surface area (TPSA) is 76.9 Å². The van der Waals surface area contributed by atoms with Crippen LogP contribution in [0.1, 0.15) is 38.7 Å². The van der Waals surface area contributed by atoms with Crippen LogP contribution in [0.2, 0.25) is 0 Å². The fourth-order valence-corrected chi connectivity index (χ4v) is 3.22. The summed E-state index contributed by atoms with van der Waals surface area (Å²) in [6.45, 7) is 7.77. The van der Waals surface area contributed by atoms with Gasteiger partial charge in [0.2, 0.25) is 5.56 Å². The van der Waals surface area contributed by atoms with Gasteiger partial charge in [-0.3, -0.25) is 9.79 Å². The van der Waals surface area contributed by atoms with Crippen molar-refractivity contribution in [3.8, 4) is 11.5 Å². The lowest BCUT2D eigenvalue weighted by Crippen LogP contribution is -2.38. The number of ether oxygens (including phenoxy) is 2. The van der Waals surface area contributed by atoms with Crippen molar-refractivity contribution in [2.75, 3.05) is 33.4 Å². The fourth-order valence-electron chi connectivity index (χ4n) is 3.22. The molecule has 31 heavy (non-hydrogen) atoms. The van der Waals surface area contributed by atoms with Crippen molar-refractivity contribution in [2.45, 2.75) is 46.1 Å². The predicted molar refractivity (Wildman–Crippen MR) is 126 cm³/mol. The van der Waals surface area contributed by atoms with Gasteiger partial charge in [-0.15, -0.1) is 0 Å². The van der Waals surface area contributed by atoms with E-state index in [2.05, 4.69) is 28.6 Å². The fraction of sp³-hybridized carbons (Fsp3) is 0.500. The normalized spacial score (nSPS) is 11.3. The lowest BCUT2D eigenvalue weighted by atomic mass is 10.1. The second-order valence-electron chi connectivity index (χ2n) is 7.15. The number of nitrogens with zero attached hydrogens (tertiary/aromatic N) is 2. The maximum atomic E-state index is 11.7. The average Bonchev–Trinajstić information content (AvgIpc) is 2.78. The van der Waals surface area contributed by atoms with E-state index < -0.39 is 0 Å². The Balaban J connectivity index is 1.73. The van der Waals surface area contributed by atoms with Crippen molar-refractivity contribution < 1.29 is 9.47 Å². The lowest BCUT2D eigenvalue weighted by molar-refractivity contribution is 0.310. The zero-order valence-electron chi connectivity index (χ0n) is 19.0. The van der Waals surface area contributed by atoms with E-state index in [0.29, 0.717) is 6.61 Å². The van der Waals surface area contributed by atoms with Gasteiger partial charge >= 0.3 is 0 Å². The molecule has 0 aliphatic heterocycles. The lowest BCUT2D eigenvalue weighted by Gasteiger charge is -2.12. The first-order valence-electron chi connectivity index (χ1n) is 11.1. The average molecular weight is 429 g/mol. The first kappa shape index (κ1) is 24.3. The van der Waals surface area contributed by atoms with Crippen molar-refractivity contribution in [3.05, 3.63) is 58.5 Å². The van der Waals surface area contributed by atoms with Crippen LogP contribution in [0, 0.1) is 0 Å². The molecule has 1 aromatic carbocycles. The zero-order valence-corrected chi connectivity index (χ0v) is 19.0. The summed E-state index contributed by atoms with van der Waals surface area (Å²) < 4.78 is 12.7. The van der Waals surface area contributed by atoms with Gasteiger partial charge in [0.05, 0.1) is 13.7 Å². The number of hydrogen-bond donors (Lipinski definition) is 2. The number of hydrogen-bond acceptors (Lipinski definition) is 4. The third-order valence-corrected chi connectivity index (χ3v) is 4.78. The summed E-state index contributed by atoms with van der Waals surface area (Å²) in [4.78, 5) is 16.4. The highest BCUT2D eigenvalue weighted by Gasteiger charge is 2.05. The number of pyridine rings is 1. The molecule has 2 rings (SSSR count). The Kier molecular flexibility index (Phi) is 11.1. The second-order valence-corrected chi connectivity index (χ2v) is 7.15. The Morgan fingerprint density at radius 2 is 1.94 bits per heavy atom. The quantitative estimate of drug-likeness (QED) is 0.291. The summed E-state index contributed by atoms with van der Waals surface area (Å²) in [6.07, 6.45) is 5.62. The highest BCUT2D eigenvalue weighted by atomic mass is 16.5. The molecule has 0 radical (unpaired) electrons. The van der Waals surface area contributed by atoms with Gasteiger partial charge in [-0.1, -0.05) is 12.1 Å². The largest absolute Gasteiger partial charge is 0.493 e. The molecule has 2 aromatic rings. The monoisotopic (exact) mass is 428 g/mol. The summed E-state index contributed by atoms with van der Waals surface area (Å²) in [5.41, 5.74) is 1.27. The molecule has 170 valence electrons. The van der Waals surface area contributed by atoms with Crippen LogP contribution in [0.25, 0.3) is 0 Å². The molecule has 0 saturated heterocycles. The summed E-state index contributed by atoms with van der Waals surface area (Å²) in [7, 11) is 1.66. The Morgan fingerprint density at radius 1 is 1.06 bits per heavy atom. The molecule has 1 aromatic heterocycles. The molecule has 0 atom stereocenters. The van der Waals surface area contributed by atoms with Crippen molar-refractivity contribution in [3.63, 3.8) is 0 Å². The van der Waals surface area contributed by atoms with Crippen LogP contribution in [0.15, 0.2) is 52.4 Å².